The summed E-state index contributed by atoms with van der Waals surface area (Å²) in [4.78, 5) is 27.4. The number of hydrogen-bond donors (Lipinski definition) is 0. The zero-order chi connectivity index (χ0) is 22.9. The highest BCUT2D eigenvalue weighted by atomic mass is 16.5. The third-order valence-corrected chi connectivity index (χ3v) is 6.70. The van der Waals surface area contributed by atoms with Gasteiger partial charge in [-0.15, -0.1) is 10.2 Å². The zero-order valence-electron chi connectivity index (χ0n) is 19.1. The summed E-state index contributed by atoms with van der Waals surface area (Å²) in [5, 5.41) is 8.14. The smallest absolute Gasteiger partial charge is 0.359 e. The van der Waals surface area contributed by atoms with Crippen LogP contribution < -0.4 is 4.90 Å². The molecular formula is C26H28N4O3. The second-order valence-corrected chi connectivity index (χ2v) is 8.90. The Labute approximate surface area is 193 Å². The van der Waals surface area contributed by atoms with Crippen LogP contribution in [-0.2, 0) is 17.6 Å². The fraction of sp³-hybridized carbons (Fsp3) is 0.385. The number of fused-ring (bicyclic) bond motifs is 1. The maximum atomic E-state index is 12.9. The minimum atomic E-state index is -0.642. The first-order valence-electron chi connectivity index (χ1n) is 11.6. The molecule has 3 aromatic rings. The van der Waals surface area contributed by atoms with E-state index in [1.807, 2.05) is 19.9 Å². The number of ketones is 1. The average molecular weight is 445 g/mol. The van der Waals surface area contributed by atoms with Crippen molar-refractivity contribution in [2.24, 2.45) is 0 Å². The molecule has 0 saturated carbocycles. The minimum Gasteiger partial charge on any atom is -0.453 e. The molecule has 1 aliphatic carbocycles. The molecule has 3 heterocycles. The van der Waals surface area contributed by atoms with Crippen LogP contribution in [-0.4, -0.2) is 46.2 Å². The number of esters is 1. The van der Waals surface area contributed by atoms with E-state index in [2.05, 4.69) is 37.9 Å². The molecule has 1 fully saturated rings. The fourth-order valence-electron chi connectivity index (χ4n) is 4.97. The number of anilines is 1. The molecule has 0 bridgehead atoms. The molecule has 2 aliphatic rings. The van der Waals surface area contributed by atoms with E-state index in [0.29, 0.717) is 5.56 Å². The summed E-state index contributed by atoms with van der Waals surface area (Å²) in [7, 11) is 0. The lowest BCUT2D eigenvalue weighted by molar-refractivity contribution is 0.0467. The Morgan fingerprint density at radius 1 is 0.939 bits per heavy atom. The molecule has 5 rings (SSSR count). The highest BCUT2D eigenvalue weighted by Gasteiger charge is 2.21. The lowest BCUT2D eigenvalue weighted by Crippen LogP contribution is -2.20. The molecular weight excluding hydrogens is 416 g/mol. The van der Waals surface area contributed by atoms with Gasteiger partial charge in [-0.2, -0.15) is 0 Å². The van der Waals surface area contributed by atoms with E-state index in [0.717, 1.165) is 61.7 Å². The quantitative estimate of drug-likeness (QED) is 0.422. The molecule has 7 heteroatoms. The van der Waals surface area contributed by atoms with Gasteiger partial charge in [-0.1, -0.05) is 6.07 Å². The monoisotopic (exact) mass is 444 g/mol. The number of carbonyl (C=O) groups is 2. The standard InChI is InChI=1S/C26H28N4O3/c1-17-14-22(18(2)30(17)21-9-8-19-6-5-7-20(19)15-21)24(31)16-33-26(32)23-10-11-25(28-27-23)29-12-3-4-13-29/h8-11,14-15H,3-7,12-13,16H2,1-2H3. The van der Waals surface area contributed by atoms with Crippen LogP contribution in [0.5, 0.6) is 0 Å². The first kappa shape index (κ1) is 21.4. The van der Waals surface area contributed by atoms with Gasteiger partial charge < -0.3 is 14.2 Å². The van der Waals surface area contributed by atoms with Gasteiger partial charge in [0.1, 0.15) is 0 Å². The summed E-state index contributed by atoms with van der Waals surface area (Å²) in [6.45, 7) is 5.49. The van der Waals surface area contributed by atoms with Gasteiger partial charge >= 0.3 is 5.97 Å². The Kier molecular flexibility index (Phi) is 5.70. The number of carbonyl (C=O) groups excluding carboxylic acids is 2. The molecule has 170 valence electrons. The zero-order valence-corrected chi connectivity index (χ0v) is 19.1. The summed E-state index contributed by atoms with van der Waals surface area (Å²) in [6, 6.07) is 11.8. The molecule has 7 nitrogen and oxygen atoms in total. The van der Waals surface area contributed by atoms with Crippen LogP contribution >= 0.6 is 0 Å². The summed E-state index contributed by atoms with van der Waals surface area (Å²) < 4.78 is 7.36. The van der Waals surface area contributed by atoms with Crippen LogP contribution in [0.3, 0.4) is 0 Å². The van der Waals surface area contributed by atoms with E-state index >= 15 is 0 Å². The van der Waals surface area contributed by atoms with Crippen molar-refractivity contribution in [3.8, 4) is 5.69 Å². The van der Waals surface area contributed by atoms with Crippen LogP contribution in [0.15, 0.2) is 36.4 Å². The Hall–Kier alpha value is -3.48. The summed E-state index contributed by atoms with van der Waals surface area (Å²) in [6.07, 6.45) is 5.72. The van der Waals surface area contributed by atoms with Gasteiger partial charge in [0, 0.05) is 35.7 Å². The van der Waals surface area contributed by atoms with Crippen molar-refractivity contribution in [3.05, 3.63) is 70.2 Å². The SMILES string of the molecule is Cc1cc(C(=O)COC(=O)c2ccc(N3CCCC3)nn2)c(C)n1-c1ccc2c(c1)CCC2. The van der Waals surface area contributed by atoms with E-state index in [1.165, 1.54) is 17.5 Å². The van der Waals surface area contributed by atoms with Gasteiger partial charge in [-0.25, -0.2) is 4.79 Å². The first-order valence-corrected chi connectivity index (χ1v) is 11.6. The molecule has 0 unspecified atom stereocenters. The van der Waals surface area contributed by atoms with Crippen molar-refractivity contribution in [1.82, 2.24) is 14.8 Å². The molecule has 1 saturated heterocycles. The number of nitrogens with zero attached hydrogens (tertiary/aromatic N) is 4. The van der Waals surface area contributed by atoms with Gasteiger partial charge in [0.05, 0.1) is 0 Å². The lowest BCUT2D eigenvalue weighted by Gasteiger charge is -2.15. The van der Waals surface area contributed by atoms with E-state index < -0.39 is 5.97 Å². The van der Waals surface area contributed by atoms with Crippen molar-refractivity contribution >= 4 is 17.6 Å². The lowest BCUT2D eigenvalue weighted by atomic mass is 10.1. The van der Waals surface area contributed by atoms with Gasteiger partial charge in [0.25, 0.3) is 0 Å². The topological polar surface area (TPSA) is 77.3 Å². The minimum absolute atomic E-state index is 0.106. The van der Waals surface area contributed by atoms with Crippen molar-refractivity contribution < 1.29 is 14.3 Å². The van der Waals surface area contributed by atoms with Crippen LogP contribution in [0, 0.1) is 13.8 Å². The molecule has 0 spiro atoms. The molecule has 1 aromatic carbocycles. The number of rotatable bonds is 6. The predicted octanol–water partition coefficient (Wildman–Crippen LogP) is 4.01. The molecule has 1 aliphatic heterocycles. The van der Waals surface area contributed by atoms with E-state index in [9.17, 15) is 9.59 Å². The Bertz CT molecular complexity index is 1210. The van der Waals surface area contributed by atoms with Gasteiger partial charge in [-0.3, -0.25) is 4.79 Å². The highest BCUT2D eigenvalue weighted by molar-refractivity contribution is 6.00. The van der Waals surface area contributed by atoms with Crippen LogP contribution in [0.1, 0.15) is 62.6 Å². The third kappa shape index (κ3) is 4.15. The maximum absolute atomic E-state index is 12.9. The fourth-order valence-corrected chi connectivity index (χ4v) is 4.97. The molecule has 0 N–H and O–H groups in total. The summed E-state index contributed by atoms with van der Waals surface area (Å²) >= 11 is 0. The van der Waals surface area contributed by atoms with Crippen molar-refractivity contribution in [2.75, 3.05) is 24.6 Å². The summed E-state index contributed by atoms with van der Waals surface area (Å²) in [5.41, 5.74) is 6.37. The van der Waals surface area contributed by atoms with Crippen molar-refractivity contribution in [1.29, 1.82) is 0 Å². The van der Waals surface area contributed by atoms with Crippen molar-refractivity contribution in [3.63, 3.8) is 0 Å². The second kappa shape index (κ2) is 8.81. The van der Waals surface area contributed by atoms with Gasteiger partial charge in [0.2, 0.25) is 5.78 Å². The summed E-state index contributed by atoms with van der Waals surface area (Å²) in [5.74, 6) is -0.110. The van der Waals surface area contributed by atoms with Crippen molar-refractivity contribution in [2.45, 2.75) is 46.0 Å². The normalized spacial score (nSPS) is 15.0. The second-order valence-electron chi connectivity index (χ2n) is 8.90. The third-order valence-electron chi connectivity index (χ3n) is 6.70. The molecule has 33 heavy (non-hydrogen) atoms. The first-order chi connectivity index (χ1) is 16.0. The van der Waals surface area contributed by atoms with Gasteiger partial charge in [0.15, 0.2) is 18.1 Å². The van der Waals surface area contributed by atoms with E-state index in [1.54, 1.807) is 12.1 Å². The number of Topliss-reactive ketones (excluding diaryl/α,β-unsaturated/α-hetero) is 1. The molecule has 0 atom stereocenters. The number of benzene rings is 1. The number of ether oxygens (including phenoxy) is 1. The number of aryl methyl sites for hydroxylation is 3. The van der Waals surface area contributed by atoms with Gasteiger partial charge in [-0.05, 0) is 87.4 Å². The Morgan fingerprint density at radius 3 is 2.48 bits per heavy atom. The average Bonchev–Trinajstić information content (AvgIpc) is 3.57. The molecule has 0 amide bonds. The number of aromatic nitrogens is 3. The Morgan fingerprint density at radius 2 is 1.73 bits per heavy atom. The predicted molar refractivity (Wildman–Crippen MR) is 125 cm³/mol. The van der Waals surface area contributed by atoms with E-state index in [-0.39, 0.29) is 18.1 Å². The molecule has 2 aromatic heterocycles. The van der Waals surface area contributed by atoms with E-state index in [4.69, 9.17) is 4.74 Å². The highest BCUT2D eigenvalue weighted by Crippen LogP contribution is 2.27. The molecule has 0 radical (unpaired) electrons. The Balaban J connectivity index is 1.26. The van der Waals surface area contributed by atoms with Crippen LogP contribution in [0.2, 0.25) is 0 Å². The van der Waals surface area contributed by atoms with Crippen LogP contribution in [0.25, 0.3) is 5.69 Å². The largest absolute Gasteiger partial charge is 0.453 e. The van der Waals surface area contributed by atoms with Crippen LogP contribution in [0.4, 0.5) is 5.82 Å². The number of hydrogen-bond acceptors (Lipinski definition) is 6. The maximum Gasteiger partial charge on any atom is 0.359 e.